The molecule has 3 fully saturated rings. The SMILES string of the molecule is CC(C)C(=O)N1C[C@H]2C[C@@H](Oc3nc4nc(-c5ccc(N6CCOCC6)cc5)c(Cl)cc4[nH]3)C[C@@]2(N)C1. The minimum Gasteiger partial charge on any atom is -0.461 e. The van der Waals surface area contributed by atoms with Gasteiger partial charge in [0.2, 0.25) is 5.91 Å². The van der Waals surface area contributed by atoms with Gasteiger partial charge in [0.25, 0.3) is 6.01 Å². The summed E-state index contributed by atoms with van der Waals surface area (Å²) in [6.45, 7) is 8.42. The van der Waals surface area contributed by atoms with Crippen LogP contribution < -0.4 is 15.4 Å². The Morgan fingerprint density at radius 3 is 2.70 bits per heavy atom. The first kappa shape index (κ1) is 24.5. The van der Waals surface area contributed by atoms with E-state index in [-0.39, 0.29) is 23.8 Å². The van der Waals surface area contributed by atoms with Crippen LogP contribution in [0.25, 0.3) is 22.4 Å². The fourth-order valence-electron chi connectivity index (χ4n) is 5.95. The van der Waals surface area contributed by atoms with E-state index >= 15 is 0 Å². The zero-order valence-electron chi connectivity index (χ0n) is 21.2. The molecule has 3 aromatic rings. The van der Waals surface area contributed by atoms with Gasteiger partial charge < -0.3 is 30.0 Å². The molecule has 3 aliphatic rings. The molecule has 1 aromatic carbocycles. The molecule has 9 nitrogen and oxygen atoms in total. The van der Waals surface area contributed by atoms with Crippen LogP contribution in [0.2, 0.25) is 5.02 Å². The molecule has 0 spiro atoms. The van der Waals surface area contributed by atoms with Crippen LogP contribution >= 0.6 is 11.6 Å². The normalized spacial score (nSPS) is 25.8. The summed E-state index contributed by atoms with van der Waals surface area (Å²) in [5.74, 6) is 0.379. The molecule has 6 rings (SSSR count). The second-order valence-corrected chi connectivity index (χ2v) is 11.3. The van der Waals surface area contributed by atoms with Gasteiger partial charge in [0, 0.05) is 55.3 Å². The number of halogens is 1. The molecule has 196 valence electrons. The van der Waals surface area contributed by atoms with Gasteiger partial charge in [-0.25, -0.2) is 4.98 Å². The Hall–Kier alpha value is -2.88. The fraction of sp³-hybridized carbons (Fsp3) is 0.519. The minimum atomic E-state index is -0.413. The number of ether oxygens (including phenoxy) is 2. The van der Waals surface area contributed by atoms with Gasteiger partial charge in [0.15, 0.2) is 5.65 Å². The summed E-state index contributed by atoms with van der Waals surface area (Å²) in [7, 11) is 0. The Kier molecular flexibility index (Phi) is 6.25. The lowest BCUT2D eigenvalue weighted by Crippen LogP contribution is -2.46. The number of amides is 1. The molecule has 0 unspecified atom stereocenters. The number of aromatic amines is 1. The molecular formula is C27H33ClN6O3. The van der Waals surface area contributed by atoms with Crippen LogP contribution in [0.4, 0.5) is 5.69 Å². The molecule has 1 aliphatic carbocycles. The number of nitrogens with one attached hydrogen (secondary N) is 1. The van der Waals surface area contributed by atoms with Crippen LogP contribution in [0.1, 0.15) is 26.7 Å². The summed E-state index contributed by atoms with van der Waals surface area (Å²) in [6, 6.07) is 10.5. The quantitative estimate of drug-likeness (QED) is 0.526. The van der Waals surface area contributed by atoms with Crippen LogP contribution in [0.15, 0.2) is 30.3 Å². The van der Waals surface area contributed by atoms with E-state index in [4.69, 9.17) is 31.8 Å². The zero-order chi connectivity index (χ0) is 25.7. The zero-order valence-corrected chi connectivity index (χ0v) is 22.0. The standard InChI is InChI=1S/C27H33ClN6O3/c1-16(2)25(35)34-14-18-11-20(13-27(18,29)15-34)37-26-30-22-12-21(28)23(31-24(22)32-26)17-3-5-19(6-4-17)33-7-9-36-10-8-33/h3-6,12,16,18,20H,7-11,13-15,29H2,1-2H3,(H,30,31,32)/t18-,20-,27-/m1/s1. The Morgan fingerprint density at radius 1 is 1.24 bits per heavy atom. The molecule has 1 saturated carbocycles. The third-order valence-electron chi connectivity index (χ3n) is 7.90. The van der Waals surface area contributed by atoms with E-state index in [2.05, 4.69) is 27.0 Å². The Balaban J connectivity index is 1.15. The number of hydrogen-bond acceptors (Lipinski definition) is 7. The van der Waals surface area contributed by atoms with Gasteiger partial charge in [0.05, 0.1) is 29.4 Å². The van der Waals surface area contributed by atoms with Crippen molar-refractivity contribution in [1.82, 2.24) is 19.9 Å². The van der Waals surface area contributed by atoms with E-state index in [9.17, 15) is 4.79 Å². The van der Waals surface area contributed by atoms with Crippen molar-refractivity contribution in [2.45, 2.75) is 38.3 Å². The van der Waals surface area contributed by atoms with Crippen molar-refractivity contribution in [3.05, 3.63) is 35.4 Å². The lowest BCUT2D eigenvalue weighted by atomic mass is 9.92. The molecule has 3 atom stereocenters. The van der Waals surface area contributed by atoms with E-state index in [1.807, 2.05) is 36.9 Å². The summed E-state index contributed by atoms with van der Waals surface area (Å²) in [6.07, 6.45) is 1.42. The van der Waals surface area contributed by atoms with Crippen LogP contribution in [-0.2, 0) is 9.53 Å². The smallest absolute Gasteiger partial charge is 0.296 e. The average molecular weight is 525 g/mol. The Labute approximate surface area is 221 Å². The first-order chi connectivity index (χ1) is 17.8. The first-order valence-electron chi connectivity index (χ1n) is 13.0. The number of benzene rings is 1. The Morgan fingerprint density at radius 2 is 2.00 bits per heavy atom. The number of morpholine rings is 1. The predicted molar refractivity (Wildman–Crippen MR) is 143 cm³/mol. The summed E-state index contributed by atoms with van der Waals surface area (Å²) < 4.78 is 11.7. The largest absolute Gasteiger partial charge is 0.461 e. The molecule has 0 bridgehead atoms. The first-order valence-corrected chi connectivity index (χ1v) is 13.4. The van der Waals surface area contributed by atoms with E-state index in [0.717, 1.165) is 49.5 Å². The van der Waals surface area contributed by atoms with Crippen LogP contribution in [0.3, 0.4) is 0 Å². The van der Waals surface area contributed by atoms with Gasteiger partial charge in [-0.2, -0.15) is 4.98 Å². The summed E-state index contributed by atoms with van der Waals surface area (Å²) in [5.41, 5.74) is 10.4. The number of carbonyl (C=O) groups is 1. The molecule has 37 heavy (non-hydrogen) atoms. The number of aromatic nitrogens is 3. The minimum absolute atomic E-state index is 0.0167. The number of nitrogens with zero attached hydrogens (tertiary/aromatic N) is 4. The second-order valence-electron chi connectivity index (χ2n) is 10.9. The van der Waals surface area contributed by atoms with Crippen molar-refractivity contribution in [2.75, 3.05) is 44.3 Å². The number of anilines is 1. The van der Waals surface area contributed by atoms with E-state index in [1.165, 1.54) is 0 Å². The van der Waals surface area contributed by atoms with Gasteiger partial charge >= 0.3 is 0 Å². The van der Waals surface area contributed by atoms with Crippen molar-refractivity contribution in [3.8, 4) is 17.3 Å². The highest BCUT2D eigenvalue weighted by Gasteiger charge is 2.52. The second kappa shape index (κ2) is 9.45. The number of H-pyrrole nitrogens is 1. The number of pyridine rings is 1. The van der Waals surface area contributed by atoms with E-state index in [1.54, 1.807) is 0 Å². The van der Waals surface area contributed by atoms with Gasteiger partial charge in [0.1, 0.15) is 6.10 Å². The lowest BCUT2D eigenvalue weighted by Gasteiger charge is -2.28. The number of rotatable bonds is 5. The average Bonchev–Trinajstić information content (AvgIpc) is 3.52. The summed E-state index contributed by atoms with van der Waals surface area (Å²) >= 11 is 6.62. The van der Waals surface area contributed by atoms with E-state index in [0.29, 0.717) is 41.9 Å². The van der Waals surface area contributed by atoms with Crippen molar-refractivity contribution in [1.29, 1.82) is 0 Å². The number of carbonyl (C=O) groups excluding carboxylic acids is 1. The number of likely N-dealkylation sites (tertiary alicyclic amines) is 1. The monoisotopic (exact) mass is 524 g/mol. The van der Waals surface area contributed by atoms with Gasteiger partial charge in [-0.1, -0.05) is 37.6 Å². The topological polar surface area (TPSA) is 110 Å². The number of nitrogens with two attached hydrogens (primary N) is 1. The third kappa shape index (κ3) is 4.64. The number of hydrogen-bond donors (Lipinski definition) is 2. The molecule has 2 aromatic heterocycles. The maximum absolute atomic E-state index is 12.4. The molecule has 2 aliphatic heterocycles. The lowest BCUT2D eigenvalue weighted by molar-refractivity contribution is -0.133. The van der Waals surface area contributed by atoms with Crippen molar-refractivity contribution in [3.63, 3.8) is 0 Å². The number of fused-ring (bicyclic) bond motifs is 2. The highest BCUT2D eigenvalue weighted by Crippen LogP contribution is 2.42. The molecule has 4 heterocycles. The molecule has 0 radical (unpaired) electrons. The molecule has 10 heteroatoms. The fourth-order valence-corrected chi connectivity index (χ4v) is 6.21. The predicted octanol–water partition coefficient (Wildman–Crippen LogP) is 3.47. The van der Waals surface area contributed by atoms with Crippen molar-refractivity contribution >= 4 is 34.4 Å². The maximum atomic E-state index is 12.4. The van der Waals surface area contributed by atoms with Crippen molar-refractivity contribution in [2.24, 2.45) is 17.6 Å². The number of imidazole rings is 1. The summed E-state index contributed by atoms with van der Waals surface area (Å²) in [4.78, 5) is 29.2. The van der Waals surface area contributed by atoms with Crippen LogP contribution in [0.5, 0.6) is 6.01 Å². The van der Waals surface area contributed by atoms with Crippen LogP contribution in [-0.4, -0.2) is 76.8 Å². The Bertz CT molecular complexity index is 1310. The molecule has 3 N–H and O–H groups in total. The summed E-state index contributed by atoms with van der Waals surface area (Å²) in [5, 5.41) is 0.549. The maximum Gasteiger partial charge on any atom is 0.296 e. The molecular weight excluding hydrogens is 492 g/mol. The highest BCUT2D eigenvalue weighted by molar-refractivity contribution is 6.33. The van der Waals surface area contributed by atoms with Gasteiger partial charge in [-0.15, -0.1) is 0 Å². The molecule has 2 saturated heterocycles. The van der Waals surface area contributed by atoms with E-state index < -0.39 is 5.54 Å². The van der Waals surface area contributed by atoms with Crippen LogP contribution in [0, 0.1) is 11.8 Å². The van der Waals surface area contributed by atoms with Crippen molar-refractivity contribution < 1.29 is 14.3 Å². The van der Waals surface area contributed by atoms with Gasteiger partial charge in [-0.05, 0) is 30.5 Å². The third-order valence-corrected chi connectivity index (χ3v) is 8.19. The van der Waals surface area contributed by atoms with Gasteiger partial charge in [-0.3, -0.25) is 4.79 Å². The highest BCUT2D eigenvalue weighted by atomic mass is 35.5. The molecule has 1 amide bonds.